The predicted molar refractivity (Wildman–Crippen MR) is 122 cm³/mol. The Hall–Kier alpha value is -4.47. The highest BCUT2D eigenvalue weighted by Crippen LogP contribution is 2.33. The van der Waals surface area contributed by atoms with Crippen LogP contribution in [0.3, 0.4) is 0 Å². The molecule has 0 saturated carbocycles. The summed E-state index contributed by atoms with van der Waals surface area (Å²) in [6.07, 6.45) is 2.84. The topological polar surface area (TPSA) is 69.0 Å². The Labute approximate surface area is 197 Å². The summed E-state index contributed by atoms with van der Waals surface area (Å²) in [4.78, 5) is 20.7. The molecule has 0 aliphatic heterocycles. The zero-order valence-corrected chi connectivity index (χ0v) is 18.3. The summed E-state index contributed by atoms with van der Waals surface area (Å²) in [6, 6.07) is 12.6. The number of imidazole rings is 1. The number of hydrogen-bond acceptors (Lipinski definition) is 4. The van der Waals surface area contributed by atoms with Gasteiger partial charge in [0.15, 0.2) is 5.82 Å². The maximum atomic E-state index is 13.4. The first kappa shape index (κ1) is 23.7. The largest absolute Gasteiger partial charge is 0.457 e. The lowest BCUT2D eigenvalue weighted by molar-refractivity contribution is -0.140. The van der Waals surface area contributed by atoms with Gasteiger partial charge in [-0.2, -0.15) is 13.2 Å². The van der Waals surface area contributed by atoms with Crippen LogP contribution in [0.4, 0.5) is 23.2 Å². The smallest absolute Gasteiger partial charge is 0.419 e. The number of rotatable bonds is 6. The number of carbonyl (C=O) groups excluding carboxylic acids is 1. The van der Waals surface area contributed by atoms with E-state index < -0.39 is 23.5 Å². The number of halogens is 4. The maximum absolute atomic E-state index is 13.4. The molecule has 2 aromatic carbocycles. The van der Waals surface area contributed by atoms with E-state index in [0.29, 0.717) is 40.7 Å². The van der Waals surface area contributed by atoms with Crippen LogP contribution in [-0.2, 0) is 18.0 Å². The highest BCUT2D eigenvalue weighted by Gasteiger charge is 2.34. The zero-order valence-electron chi connectivity index (χ0n) is 18.3. The Balaban J connectivity index is 1.44. The lowest BCUT2D eigenvalue weighted by atomic mass is 10.1. The lowest BCUT2D eigenvalue weighted by Gasteiger charge is -2.10. The monoisotopic (exact) mass is 482 g/mol. The number of hydrogen-bond donors (Lipinski definition) is 1. The summed E-state index contributed by atoms with van der Waals surface area (Å²) < 4.78 is 59.7. The first-order valence-electron chi connectivity index (χ1n) is 10.3. The van der Waals surface area contributed by atoms with Gasteiger partial charge in [0.1, 0.15) is 23.0 Å². The highest BCUT2D eigenvalue weighted by molar-refractivity contribution is 6.02. The molecule has 0 aliphatic carbocycles. The van der Waals surface area contributed by atoms with Crippen molar-refractivity contribution < 1.29 is 27.1 Å². The van der Waals surface area contributed by atoms with Crippen LogP contribution in [0.2, 0.25) is 0 Å². The van der Waals surface area contributed by atoms with Gasteiger partial charge < -0.3 is 14.6 Å². The van der Waals surface area contributed by atoms with E-state index in [1.807, 2.05) is 17.8 Å². The van der Waals surface area contributed by atoms with E-state index in [0.717, 1.165) is 12.1 Å². The number of nitrogens with one attached hydrogen (secondary N) is 1. The standard InChI is InChI=1S/C25H18F4N4O2/c1-33-12-11-31-24(33)22-15-19(9-10-30-22)35-18-4-2-3-16(13-18)5-8-23(34)32-17-6-7-21(26)20(14-17)25(27,28)29/h2-15H,1H3,(H,32,34)/b8-5+. The first-order chi connectivity index (χ1) is 16.7. The molecule has 0 atom stereocenters. The number of anilines is 1. The molecule has 0 spiro atoms. The minimum absolute atomic E-state index is 0.174. The van der Waals surface area contributed by atoms with E-state index in [1.54, 1.807) is 48.8 Å². The fraction of sp³-hybridized carbons (Fsp3) is 0.0800. The average molecular weight is 482 g/mol. The molecule has 10 heteroatoms. The van der Waals surface area contributed by atoms with E-state index in [2.05, 4.69) is 15.3 Å². The molecule has 6 nitrogen and oxygen atoms in total. The van der Waals surface area contributed by atoms with E-state index in [4.69, 9.17) is 4.74 Å². The molecule has 178 valence electrons. The maximum Gasteiger partial charge on any atom is 0.419 e. The molecular formula is C25H18F4N4O2. The van der Waals surface area contributed by atoms with Gasteiger partial charge in [-0.05, 0) is 48.0 Å². The Bertz CT molecular complexity index is 1400. The minimum Gasteiger partial charge on any atom is -0.457 e. The quantitative estimate of drug-likeness (QED) is 0.267. The minimum atomic E-state index is -4.87. The van der Waals surface area contributed by atoms with Gasteiger partial charge in [0.05, 0.1) is 5.56 Å². The summed E-state index contributed by atoms with van der Waals surface area (Å²) in [7, 11) is 1.86. The number of alkyl halides is 3. The van der Waals surface area contributed by atoms with Gasteiger partial charge in [-0.25, -0.2) is 9.37 Å². The molecule has 1 amide bonds. The van der Waals surface area contributed by atoms with Crippen molar-refractivity contribution in [2.75, 3.05) is 5.32 Å². The number of ether oxygens (including phenoxy) is 1. The summed E-state index contributed by atoms with van der Waals surface area (Å²) >= 11 is 0. The number of aromatic nitrogens is 3. The van der Waals surface area contributed by atoms with Gasteiger partial charge in [0, 0.05) is 43.5 Å². The van der Waals surface area contributed by atoms with Crippen molar-refractivity contribution in [1.82, 2.24) is 14.5 Å². The van der Waals surface area contributed by atoms with Crippen molar-refractivity contribution in [3.05, 3.63) is 96.2 Å². The Morgan fingerprint density at radius 2 is 1.83 bits per heavy atom. The summed E-state index contributed by atoms with van der Waals surface area (Å²) in [5, 5.41) is 2.29. The fourth-order valence-electron chi connectivity index (χ4n) is 3.20. The third-order valence-electron chi connectivity index (χ3n) is 4.84. The predicted octanol–water partition coefficient (Wildman–Crippen LogP) is 6.08. The lowest BCUT2D eigenvalue weighted by Crippen LogP contribution is -2.12. The Morgan fingerprint density at radius 3 is 2.57 bits per heavy atom. The number of pyridine rings is 1. The Morgan fingerprint density at radius 1 is 1.03 bits per heavy atom. The summed E-state index contributed by atoms with van der Waals surface area (Å²) in [6.45, 7) is 0. The van der Waals surface area contributed by atoms with Gasteiger partial charge in [-0.15, -0.1) is 0 Å². The number of carbonyl (C=O) groups is 1. The van der Waals surface area contributed by atoms with Gasteiger partial charge in [0.2, 0.25) is 5.91 Å². The van der Waals surface area contributed by atoms with Crippen molar-refractivity contribution in [3.63, 3.8) is 0 Å². The van der Waals surface area contributed by atoms with Crippen LogP contribution in [0, 0.1) is 5.82 Å². The Kier molecular flexibility index (Phi) is 6.63. The fourth-order valence-corrected chi connectivity index (χ4v) is 3.20. The molecule has 1 N–H and O–H groups in total. The van der Waals surface area contributed by atoms with Crippen LogP contribution < -0.4 is 10.1 Å². The SMILES string of the molecule is Cn1ccnc1-c1cc(Oc2cccc(/C=C/C(=O)Nc3ccc(F)c(C(F)(F)F)c3)c2)ccn1. The first-order valence-corrected chi connectivity index (χ1v) is 10.3. The van der Waals surface area contributed by atoms with Gasteiger partial charge in [-0.1, -0.05) is 12.1 Å². The highest BCUT2D eigenvalue weighted by atomic mass is 19.4. The van der Waals surface area contributed by atoms with Crippen LogP contribution in [0.15, 0.2) is 79.3 Å². The normalized spacial score (nSPS) is 11.6. The second-order valence-electron chi connectivity index (χ2n) is 7.43. The number of amides is 1. The van der Waals surface area contributed by atoms with E-state index in [-0.39, 0.29) is 5.69 Å². The van der Waals surface area contributed by atoms with Crippen LogP contribution in [-0.4, -0.2) is 20.4 Å². The molecule has 4 aromatic rings. The van der Waals surface area contributed by atoms with Crippen LogP contribution in [0.1, 0.15) is 11.1 Å². The van der Waals surface area contributed by atoms with Crippen molar-refractivity contribution in [1.29, 1.82) is 0 Å². The third kappa shape index (κ3) is 5.91. The molecule has 0 fully saturated rings. The van der Waals surface area contributed by atoms with E-state index in [9.17, 15) is 22.4 Å². The van der Waals surface area contributed by atoms with Crippen LogP contribution in [0.5, 0.6) is 11.5 Å². The van der Waals surface area contributed by atoms with Crippen LogP contribution >= 0.6 is 0 Å². The van der Waals surface area contributed by atoms with Gasteiger partial charge in [0.25, 0.3) is 0 Å². The van der Waals surface area contributed by atoms with Crippen LogP contribution in [0.25, 0.3) is 17.6 Å². The van der Waals surface area contributed by atoms with Crippen molar-refractivity contribution in [2.24, 2.45) is 7.05 Å². The van der Waals surface area contributed by atoms with Gasteiger partial charge in [-0.3, -0.25) is 9.78 Å². The molecule has 0 saturated heterocycles. The summed E-state index contributed by atoms with van der Waals surface area (Å²) in [5.41, 5.74) is -0.374. The van der Waals surface area contributed by atoms with Crippen molar-refractivity contribution in [3.8, 4) is 23.0 Å². The second kappa shape index (κ2) is 9.80. The summed E-state index contributed by atoms with van der Waals surface area (Å²) in [5.74, 6) is -0.373. The number of benzene rings is 2. The molecule has 0 aliphatic rings. The third-order valence-corrected chi connectivity index (χ3v) is 4.84. The molecule has 4 rings (SSSR count). The molecule has 2 aromatic heterocycles. The van der Waals surface area contributed by atoms with E-state index >= 15 is 0 Å². The van der Waals surface area contributed by atoms with E-state index in [1.165, 1.54) is 6.08 Å². The molecule has 0 bridgehead atoms. The molecule has 2 heterocycles. The molecule has 35 heavy (non-hydrogen) atoms. The van der Waals surface area contributed by atoms with Gasteiger partial charge >= 0.3 is 6.18 Å². The molecule has 0 unspecified atom stereocenters. The average Bonchev–Trinajstić information content (AvgIpc) is 3.24. The number of nitrogens with zero attached hydrogens (tertiary/aromatic N) is 3. The van der Waals surface area contributed by atoms with Crippen molar-refractivity contribution in [2.45, 2.75) is 6.18 Å². The zero-order chi connectivity index (χ0) is 25.0. The molecular weight excluding hydrogens is 464 g/mol. The second-order valence-corrected chi connectivity index (χ2v) is 7.43. The number of aryl methyl sites for hydroxylation is 1. The molecule has 0 radical (unpaired) electrons. The van der Waals surface area contributed by atoms with Crippen molar-refractivity contribution >= 4 is 17.7 Å².